The lowest BCUT2D eigenvalue weighted by Crippen LogP contribution is -2.13. The lowest BCUT2D eigenvalue weighted by Gasteiger charge is -2.09. The summed E-state index contributed by atoms with van der Waals surface area (Å²) in [7, 11) is 0. The number of pyridine rings is 1. The van der Waals surface area contributed by atoms with Gasteiger partial charge >= 0.3 is 0 Å². The van der Waals surface area contributed by atoms with E-state index in [4.69, 9.17) is 4.74 Å². The molecule has 6 heteroatoms. The molecule has 5 nitrogen and oxygen atoms in total. The number of hydrogen-bond donors (Lipinski definition) is 1. The summed E-state index contributed by atoms with van der Waals surface area (Å²) in [4.78, 5) is 22.1. The van der Waals surface area contributed by atoms with E-state index < -0.39 is 0 Å². The molecule has 0 saturated heterocycles. The van der Waals surface area contributed by atoms with Crippen molar-refractivity contribution in [1.82, 2.24) is 9.97 Å². The van der Waals surface area contributed by atoms with Crippen LogP contribution >= 0.6 is 11.3 Å². The molecule has 0 radical (unpaired) electrons. The second kappa shape index (κ2) is 7.23. The smallest absolute Gasteiger partial charge is 0.262 e. The van der Waals surface area contributed by atoms with Crippen molar-refractivity contribution in [3.8, 4) is 11.6 Å². The number of hydrogen-bond acceptors (Lipinski definition) is 5. The molecule has 0 spiro atoms. The van der Waals surface area contributed by atoms with Crippen LogP contribution in [0.4, 0.5) is 5.13 Å². The molecule has 0 unspecified atom stereocenters. The Hall–Kier alpha value is -2.73. The molecule has 122 valence electrons. The molecule has 0 atom stereocenters. The van der Waals surface area contributed by atoms with Crippen molar-refractivity contribution in [2.24, 2.45) is 0 Å². The van der Waals surface area contributed by atoms with E-state index in [1.807, 2.05) is 30.3 Å². The minimum absolute atomic E-state index is 0.266. The Labute approximate surface area is 144 Å². The topological polar surface area (TPSA) is 64.1 Å². The molecule has 24 heavy (non-hydrogen) atoms. The summed E-state index contributed by atoms with van der Waals surface area (Å²) in [5.41, 5.74) is 0.364. The summed E-state index contributed by atoms with van der Waals surface area (Å²) in [5, 5.41) is 3.38. The number of anilines is 1. The van der Waals surface area contributed by atoms with E-state index in [9.17, 15) is 4.79 Å². The number of aromatic nitrogens is 2. The van der Waals surface area contributed by atoms with Gasteiger partial charge in [0.15, 0.2) is 5.13 Å². The average molecular weight is 339 g/mol. The fourth-order valence-electron chi connectivity index (χ4n) is 2.02. The summed E-state index contributed by atoms with van der Waals surface area (Å²) < 4.78 is 5.72. The summed E-state index contributed by atoms with van der Waals surface area (Å²) in [5.74, 6) is 0.977. The van der Waals surface area contributed by atoms with Gasteiger partial charge < -0.3 is 4.74 Å². The minimum atomic E-state index is -0.293. The maximum Gasteiger partial charge on any atom is 0.262 e. The van der Waals surface area contributed by atoms with Crippen LogP contribution in [-0.2, 0) is 0 Å². The van der Waals surface area contributed by atoms with E-state index in [-0.39, 0.29) is 11.8 Å². The zero-order valence-corrected chi connectivity index (χ0v) is 14.2. The Bertz CT molecular complexity index is 831. The highest BCUT2D eigenvalue weighted by molar-refractivity contribution is 7.15. The van der Waals surface area contributed by atoms with Crippen LogP contribution in [0.15, 0.2) is 54.9 Å². The molecular formula is C18H17N3O2S. The van der Waals surface area contributed by atoms with Crippen LogP contribution in [0.25, 0.3) is 0 Å². The average Bonchev–Trinajstić information content (AvgIpc) is 3.05. The zero-order chi connectivity index (χ0) is 16.9. The van der Waals surface area contributed by atoms with Gasteiger partial charge in [0.2, 0.25) is 5.88 Å². The third-order valence-electron chi connectivity index (χ3n) is 3.29. The molecule has 0 aliphatic carbocycles. The third kappa shape index (κ3) is 3.78. The Kier molecular flexibility index (Phi) is 4.86. The van der Waals surface area contributed by atoms with Crippen LogP contribution in [0.5, 0.6) is 11.6 Å². The van der Waals surface area contributed by atoms with Crippen molar-refractivity contribution in [3.05, 3.63) is 65.3 Å². The summed E-state index contributed by atoms with van der Waals surface area (Å²) in [6.45, 7) is 4.18. The number of para-hydroxylation sites is 1. The van der Waals surface area contributed by atoms with E-state index >= 15 is 0 Å². The van der Waals surface area contributed by atoms with Crippen molar-refractivity contribution in [3.63, 3.8) is 0 Å². The van der Waals surface area contributed by atoms with Gasteiger partial charge in [0.25, 0.3) is 5.91 Å². The van der Waals surface area contributed by atoms with Gasteiger partial charge in [-0.05, 0) is 30.2 Å². The fourth-order valence-corrected chi connectivity index (χ4v) is 2.83. The zero-order valence-electron chi connectivity index (χ0n) is 13.4. The van der Waals surface area contributed by atoms with E-state index in [0.717, 1.165) is 4.88 Å². The lowest BCUT2D eigenvalue weighted by molar-refractivity contribution is 0.102. The van der Waals surface area contributed by atoms with E-state index in [1.54, 1.807) is 24.5 Å². The molecule has 0 saturated carbocycles. The highest BCUT2D eigenvalue weighted by Crippen LogP contribution is 2.27. The number of benzene rings is 1. The predicted octanol–water partition coefficient (Wildman–Crippen LogP) is 4.71. The molecule has 1 aromatic carbocycles. The number of carbonyl (C=O) groups excluding carboxylic acids is 1. The minimum Gasteiger partial charge on any atom is -0.438 e. The van der Waals surface area contributed by atoms with Crippen LogP contribution in [-0.4, -0.2) is 15.9 Å². The molecule has 0 bridgehead atoms. The number of thiazole rings is 1. The van der Waals surface area contributed by atoms with Crippen LogP contribution in [0.2, 0.25) is 0 Å². The Balaban J connectivity index is 1.79. The first-order valence-electron chi connectivity index (χ1n) is 7.58. The number of ether oxygens (including phenoxy) is 1. The van der Waals surface area contributed by atoms with Crippen LogP contribution in [0.3, 0.4) is 0 Å². The number of rotatable bonds is 5. The SMILES string of the molecule is CC(C)c1cnc(NC(=O)c2cccnc2Oc2ccccc2)s1. The van der Waals surface area contributed by atoms with Crippen LogP contribution in [0.1, 0.15) is 35.0 Å². The van der Waals surface area contributed by atoms with Crippen LogP contribution < -0.4 is 10.1 Å². The maximum absolute atomic E-state index is 12.5. The van der Waals surface area contributed by atoms with Gasteiger partial charge in [0, 0.05) is 17.3 Å². The molecule has 2 aromatic heterocycles. The number of nitrogens with zero attached hydrogens (tertiary/aromatic N) is 2. The number of amides is 1. The van der Waals surface area contributed by atoms with Crippen molar-refractivity contribution in [1.29, 1.82) is 0 Å². The number of carbonyl (C=O) groups is 1. The van der Waals surface area contributed by atoms with Gasteiger partial charge in [-0.25, -0.2) is 9.97 Å². The van der Waals surface area contributed by atoms with Gasteiger partial charge in [0.1, 0.15) is 11.3 Å². The van der Waals surface area contributed by atoms with Gasteiger partial charge in [-0.15, -0.1) is 11.3 Å². The van der Waals surface area contributed by atoms with Gasteiger partial charge in [0.05, 0.1) is 0 Å². The van der Waals surface area contributed by atoms with Gasteiger partial charge in [-0.2, -0.15) is 0 Å². The molecule has 2 heterocycles. The molecule has 0 aliphatic rings. The summed E-state index contributed by atoms with van der Waals surface area (Å²) in [6, 6.07) is 12.6. The first-order chi connectivity index (χ1) is 11.6. The maximum atomic E-state index is 12.5. The van der Waals surface area contributed by atoms with Crippen molar-refractivity contribution < 1.29 is 9.53 Å². The standard InChI is InChI=1S/C18H17N3O2S/c1-12(2)15-11-20-18(24-15)21-16(22)14-9-6-10-19-17(14)23-13-7-4-3-5-8-13/h3-12H,1-2H3,(H,20,21,22). The van der Waals surface area contributed by atoms with Crippen molar-refractivity contribution >= 4 is 22.4 Å². The molecule has 3 aromatic rings. The monoisotopic (exact) mass is 339 g/mol. The van der Waals surface area contributed by atoms with E-state index in [0.29, 0.717) is 22.4 Å². The molecular weight excluding hydrogens is 322 g/mol. The fraction of sp³-hybridized carbons (Fsp3) is 0.167. The second-order valence-corrected chi connectivity index (χ2v) is 6.51. The van der Waals surface area contributed by atoms with Crippen molar-refractivity contribution in [2.45, 2.75) is 19.8 Å². The second-order valence-electron chi connectivity index (χ2n) is 5.45. The van der Waals surface area contributed by atoms with Gasteiger partial charge in [-0.1, -0.05) is 32.0 Å². The highest BCUT2D eigenvalue weighted by atomic mass is 32.1. The first kappa shape index (κ1) is 16.1. The normalized spacial score (nSPS) is 10.6. The molecule has 0 aliphatic heterocycles. The molecule has 1 N–H and O–H groups in total. The van der Waals surface area contributed by atoms with Crippen LogP contribution in [0, 0.1) is 0 Å². The highest BCUT2D eigenvalue weighted by Gasteiger charge is 2.16. The lowest BCUT2D eigenvalue weighted by atomic mass is 10.2. The van der Waals surface area contributed by atoms with Crippen molar-refractivity contribution in [2.75, 3.05) is 5.32 Å². The predicted molar refractivity (Wildman–Crippen MR) is 94.9 cm³/mol. The summed E-state index contributed by atoms with van der Waals surface area (Å²) in [6.07, 6.45) is 3.38. The number of nitrogens with one attached hydrogen (secondary N) is 1. The Morgan fingerprint density at radius 3 is 2.62 bits per heavy atom. The largest absolute Gasteiger partial charge is 0.438 e. The first-order valence-corrected chi connectivity index (χ1v) is 8.40. The van der Waals surface area contributed by atoms with Gasteiger partial charge in [-0.3, -0.25) is 10.1 Å². The molecule has 3 rings (SSSR count). The quantitative estimate of drug-likeness (QED) is 0.731. The third-order valence-corrected chi connectivity index (χ3v) is 4.50. The Morgan fingerprint density at radius 1 is 1.12 bits per heavy atom. The molecule has 1 amide bonds. The molecule has 0 fully saturated rings. The Morgan fingerprint density at radius 2 is 1.92 bits per heavy atom. The van der Waals surface area contributed by atoms with E-state index in [1.165, 1.54) is 11.3 Å². The van der Waals surface area contributed by atoms with E-state index in [2.05, 4.69) is 29.1 Å². The summed E-state index contributed by atoms with van der Waals surface area (Å²) >= 11 is 1.47.